The van der Waals surface area contributed by atoms with Gasteiger partial charge < -0.3 is 19.5 Å². The van der Waals surface area contributed by atoms with Gasteiger partial charge in [0.25, 0.3) is 5.91 Å². The normalized spacial score (nSPS) is 25.4. The van der Waals surface area contributed by atoms with Gasteiger partial charge >= 0.3 is 0 Å². The number of carbonyl (C=O) groups is 1. The Morgan fingerprint density at radius 2 is 2.16 bits per heavy atom. The number of nitrogens with zero attached hydrogens (tertiary/aromatic N) is 2. The van der Waals surface area contributed by atoms with Crippen molar-refractivity contribution in [1.82, 2.24) is 14.8 Å². The molecule has 2 fully saturated rings. The number of nitrogens with one attached hydrogen (secondary N) is 1. The molecule has 0 radical (unpaired) electrons. The molecule has 0 bridgehead atoms. The second-order valence-corrected chi connectivity index (χ2v) is 7.52. The first-order valence-corrected chi connectivity index (χ1v) is 9.36. The van der Waals surface area contributed by atoms with Crippen molar-refractivity contribution in [2.75, 3.05) is 45.9 Å². The zero-order valence-electron chi connectivity index (χ0n) is 15.0. The topological polar surface area (TPSA) is 48.6 Å². The number of benzene rings is 1. The minimum atomic E-state index is 0.0758. The van der Waals surface area contributed by atoms with Crippen LogP contribution in [0.15, 0.2) is 30.3 Å². The fraction of sp³-hybridized carbons (Fsp3) is 0.550. The average molecular weight is 341 g/mol. The van der Waals surface area contributed by atoms with Gasteiger partial charge in [-0.1, -0.05) is 25.1 Å². The molecule has 25 heavy (non-hydrogen) atoms. The Morgan fingerprint density at radius 3 is 3.00 bits per heavy atom. The van der Waals surface area contributed by atoms with Crippen molar-refractivity contribution in [2.24, 2.45) is 5.41 Å². The molecule has 0 aliphatic carbocycles. The van der Waals surface area contributed by atoms with Crippen LogP contribution in [-0.2, 0) is 4.74 Å². The van der Waals surface area contributed by atoms with Crippen LogP contribution in [0.1, 0.15) is 30.3 Å². The monoisotopic (exact) mass is 341 g/mol. The number of rotatable bonds is 2. The minimum absolute atomic E-state index is 0.0758. The van der Waals surface area contributed by atoms with E-state index in [9.17, 15) is 4.79 Å². The Bertz CT molecular complexity index is 723. The van der Waals surface area contributed by atoms with Crippen molar-refractivity contribution in [1.29, 1.82) is 0 Å². The summed E-state index contributed by atoms with van der Waals surface area (Å²) in [7, 11) is 0. The molecule has 134 valence electrons. The summed E-state index contributed by atoms with van der Waals surface area (Å²) in [6.07, 6.45) is 2.19. The van der Waals surface area contributed by atoms with E-state index >= 15 is 0 Å². The third-order valence-electron chi connectivity index (χ3n) is 5.68. The van der Waals surface area contributed by atoms with Crippen molar-refractivity contribution in [3.05, 3.63) is 36.0 Å². The zero-order valence-corrected chi connectivity index (χ0v) is 15.0. The first kappa shape index (κ1) is 16.6. The second kappa shape index (κ2) is 6.81. The number of fused-ring (bicyclic) bond motifs is 1. The van der Waals surface area contributed by atoms with Gasteiger partial charge in [0.15, 0.2) is 0 Å². The lowest BCUT2D eigenvalue weighted by atomic mass is 9.80. The molecule has 4 rings (SSSR count). The lowest BCUT2D eigenvalue weighted by Gasteiger charge is -2.43. The lowest BCUT2D eigenvalue weighted by molar-refractivity contribution is 0.00747. The molecule has 0 unspecified atom stereocenters. The number of hydrogen-bond acceptors (Lipinski definition) is 3. The van der Waals surface area contributed by atoms with Gasteiger partial charge in [-0.2, -0.15) is 0 Å². The van der Waals surface area contributed by atoms with E-state index in [1.165, 1.54) is 0 Å². The fourth-order valence-electron chi connectivity index (χ4n) is 4.34. The van der Waals surface area contributed by atoms with E-state index in [2.05, 4.69) is 16.8 Å². The molecule has 2 aliphatic rings. The number of likely N-dealkylation sites (tertiary alicyclic amines) is 1. The highest BCUT2D eigenvalue weighted by Crippen LogP contribution is 2.33. The third-order valence-corrected chi connectivity index (χ3v) is 5.68. The van der Waals surface area contributed by atoms with Crippen molar-refractivity contribution in [3.8, 4) is 0 Å². The highest BCUT2D eigenvalue weighted by Gasteiger charge is 2.40. The van der Waals surface area contributed by atoms with E-state index in [1.54, 1.807) is 0 Å². The maximum absolute atomic E-state index is 13.1. The smallest absolute Gasteiger partial charge is 0.270 e. The van der Waals surface area contributed by atoms with Crippen LogP contribution in [-0.4, -0.2) is 66.6 Å². The van der Waals surface area contributed by atoms with Gasteiger partial charge in [0.05, 0.1) is 13.2 Å². The molecule has 5 heteroatoms. The van der Waals surface area contributed by atoms with E-state index in [0.29, 0.717) is 5.69 Å². The Kier molecular flexibility index (Phi) is 4.52. The van der Waals surface area contributed by atoms with E-state index in [-0.39, 0.29) is 11.3 Å². The lowest BCUT2D eigenvalue weighted by Crippen LogP contribution is -2.52. The molecular formula is C20H27N3O2. The average Bonchev–Trinajstić information content (AvgIpc) is 2.98. The van der Waals surface area contributed by atoms with Crippen LogP contribution < -0.4 is 0 Å². The fourth-order valence-corrected chi connectivity index (χ4v) is 4.34. The minimum Gasteiger partial charge on any atom is -0.379 e. The highest BCUT2D eigenvalue weighted by molar-refractivity contribution is 5.98. The molecule has 2 aromatic rings. The quantitative estimate of drug-likeness (QED) is 0.914. The second-order valence-electron chi connectivity index (χ2n) is 7.52. The van der Waals surface area contributed by atoms with E-state index < -0.39 is 0 Å². The number of para-hydroxylation sites is 1. The van der Waals surface area contributed by atoms with Crippen molar-refractivity contribution < 1.29 is 9.53 Å². The highest BCUT2D eigenvalue weighted by atomic mass is 16.5. The first-order chi connectivity index (χ1) is 12.2. The number of piperidine rings is 1. The van der Waals surface area contributed by atoms with Crippen molar-refractivity contribution >= 4 is 16.8 Å². The Labute approximate surface area is 148 Å². The summed E-state index contributed by atoms with van der Waals surface area (Å²) in [5.41, 5.74) is 1.79. The predicted molar refractivity (Wildman–Crippen MR) is 98.8 cm³/mol. The van der Waals surface area contributed by atoms with E-state index in [4.69, 9.17) is 4.74 Å². The van der Waals surface area contributed by atoms with Gasteiger partial charge in [-0.3, -0.25) is 4.79 Å². The van der Waals surface area contributed by atoms with Crippen LogP contribution in [0.25, 0.3) is 10.9 Å². The van der Waals surface area contributed by atoms with Crippen molar-refractivity contribution in [3.63, 3.8) is 0 Å². The number of likely N-dealkylation sites (N-methyl/N-ethyl adjacent to an activating group) is 1. The van der Waals surface area contributed by atoms with Gasteiger partial charge in [-0.05, 0) is 31.5 Å². The first-order valence-electron chi connectivity index (χ1n) is 9.36. The predicted octanol–water partition coefficient (Wildman–Crippen LogP) is 2.74. The Hall–Kier alpha value is -1.85. The van der Waals surface area contributed by atoms with Crippen LogP contribution in [0.5, 0.6) is 0 Å². The van der Waals surface area contributed by atoms with Gasteiger partial charge in [-0.25, -0.2) is 0 Å². The summed E-state index contributed by atoms with van der Waals surface area (Å²) in [4.78, 5) is 20.8. The molecule has 1 aromatic carbocycles. The number of carbonyl (C=O) groups excluding carboxylic acids is 1. The zero-order chi connectivity index (χ0) is 17.3. The summed E-state index contributed by atoms with van der Waals surface area (Å²) in [5.74, 6) is 0.113. The molecule has 2 saturated heterocycles. The van der Waals surface area contributed by atoms with Crippen LogP contribution in [0.3, 0.4) is 0 Å². The number of aromatic nitrogens is 1. The largest absolute Gasteiger partial charge is 0.379 e. The third kappa shape index (κ3) is 3.31. The molecule has 1 spiro atoms. The molecule has 1 atom stereocenters. The summed E-state index contributed by atoms with van der Waals surface area (Å²) in [5, 5.41) is 1.09. The van der Waals surface area contributed by atoms with Crippen LogP contribution in [0, 0.1) is 5.41 Å². The number of hydrogen-bond donors (Lipinski definition) is 1. The molecule has 1 aromatic heterocycles. The maximum Gasteiger partial charge on any atom is 0.270 e. The molecule has 1 N–H and O–H groups in total. The molecule has 2 aliphatic heterocycles. The molecule has 3 heterocycles. The summed E-state index contributed by atoms with van der Waals surface area (Å²) < 4.78 is 5.91. The number of amides is 1. The van der Waals surface area contributed by atoms with Gasteiger partial charge in [0, 0.05) is 42.5 Å². The summed E-state index contributed by atoms with van der Waals surface area (Å²) in [6, 6.07) is 10.0. The Balaban J connectivity index is 1.54. The van der Waals surface area contributed by atoms with Gasteiger partial charge in [-0.15, -0.1) is 0 Å². The standard InChI is InChI=1S/C20H27N3O2/c1-2-22-10-11-25-15-20(13-22)8-5-9-23(14-20)19(24)18-12-16-6-3-4-7-17(16)21-18/h3-4,6-7,12,21H,2,5,8-11,13-15H2,1H3/t20-/m0/s1. The van der Waals surface area contributed by atoms with Crippen molar-refractivity contribution in [2.45, 2.75) is 19.8 Å². The van der Waals surface area contributed by atoms with Gasteiger partial charge in [0.2, 0.25) is 0 Å². The Morgan fingerprint density at radius 1 is 1.28 bits per heavy atom. The van der Waals surface area contributed by atoms with E-state index in [1.807, 2.05) is 35.2 Å². The number of aromatic amines is 1. The van der Waals surface area contributed by atoms with E-state index in [0.717, 1.165) is 69.7 Å². The summed E-state index contributed by atoms with van der Waals surface area (Å²) in [6.45, 7) is 8.45. The molecular weight excluding hydrogens is 314 g/mol. The summed E-state index contributed by atoms with van der Waals surface area (Å²) >= 11 is 0. The SMILES string of the molecule is CCN1CCOC[C@@]2(CCCN(C(=O)c3cc4ccccc4[nH]3)C2)C1. The molecule has 0 saturated carbocycles. The number of H-pyrrole nitrogens is 1. The van der Waals surface area contributed by atoms with Gasteiger partial charge in [0.1, 0.15) is 5.69 Å². The maximum atomic E-state index is 13.1. The van der Waals surface area contributed by atoms with Crippen LogP contribution >= 0.6 is 0 Å². The van der Waals surface area contributed by atoms with Crippen LogP contribution in [0.2, 0.25) is 0 Å². The molecule has 1 amide bonds. The number of ether oxygens (including phenoxy) is 1. The van der Waals surface area contributed by atoms with Crippen LogP contribution in [0.4, 0.5) is 0 Å². The molecule has 5 nitrogen and oxygen atoms in total.